The Kier molecular flexibility index (Phi) is 5.58. The quantitative estimate of drug-likeness (QED) is 0.629. The molecule has 0 aliphatic carbocycles. The first-order valence-corrected chi connectivity index (χ1v) is 16.5. The molecule has 0 amide bonds. The molecule has 1 aromatic carbocycles. The van der Waals surface area contributed by atoms with Crippen LogP contribution in [0, 0.1) is 0 Å². The van der Waals surface area contributed by atoms with E-state index in [0.717, 1.165) is 0 Å². The topological polar surface area (TPSA) is 0 Å². The molecule has 0 bridgehead atoms. The summed E-state index contributed by atoms with van der Waals surface area (Å²) in [7, 11) is 0. The Morgan fingerprint density at radius 2 is 1.47 bits per heavy atom. The van der Waals surface area contributed by atoms with Crippen LogP contribution in [0.15, 0.2) is 34.0 Å². The molecule has 0 nitrogen and oxygen atoms in total. The summed E-state index contributed by atoms with van der Waals surface area (Å²) in [6.45, 7) is 7.14. The van der Waals surface area contributed by atoms with E-state index in [4.69, 9.17) is 0 Å². The summed E-state index contributed by atoms with van der Waals surface area (Å²) in [6.07, 6.45) is 2.36. The fraction of sp³-hybridized carbons (Fsp3) is 0.429. The van der Waals surface area contributed by atoms with Crippen molar-refractivity contribution in [3.63, 3.8) is 0 Å². The molecule has 0 N–H and O–H groups in total. The second-order valence-electron chi connectivity index (χ2n) is 4.17. The van der Waals surface area contributed by atoms with Gasteiger partial charge in [-0.05, 0) is 0 Å². The molecule has 0 atom stereocenters. The zero-order valence-corrected chi connectivity index (χ0v) is 14.1. The number of benzene rings is 1. The molecule has 0 saturated carbocycles. The molecule has 0 fully saturated rings. The van der Waals surface area contributed by atoms with Gasteiger partial charge in [-0.15, -0.1) is 0 Å². The van der Waals surface area contributed by atoms with E-state index in [1.165, 1.54) is 17.5 Å². The Morgan fingerprint density at radius 3 is 1.93 bits per heavy atom. The number of rotatable bonds is 5. The molecule has 0 radical (unpaired) electrons. The van der Waals surface area contributed by atoms with Crippen molar-refractivity contribution in [3.8, 4) is 0 Å². The summed E-state index contributed by atoms with van der Waals surface area (Å²) in [6, 6.07) is 10.7. The molecule has 0 aromatic heterocycles. The van der Waals surface area contributed by atoms with E-state index in [9.17, 15) is 0 Å². The molecule has 15 heavy (non-hydrogen) atoms. The zero-order valence-electron chi connectivity index (χ0n) is 10.2. The van der Waals surface area contributed by atoms with Crippen molar-refractivity contribution in [3.05, 3.63) is 39.5 Å². The van der Waals surface area contributed by atoms with E-state index in [1.54, 1.807) is 0 Å². The number of hydrogen-bond donors (Lipinski definition) is 0. The van der Waals surface area contributed by atoms with Crippen LogP contribution in [0.1, 0.15) is 26.3 Å². The number of hydrogen-bond acceptors (Lipinski definition) is 0. The van der Waals surface area contributed by atoms with Gasteiger partial charge < -0.3 is 0 Å². The van der Waals surface area contributed by atoms with Crippen molar-refractivity contribution in [2.24, 2.45) is 0 Å². The minimum atomic E-state index is -1.97. The van der Waals surface area contributed by atoms with Gasteiger partial charge in [0.1, 0.15) is 0 Å². The summed E-state index contributed by atoms with van der Waals surface area (Å²) < 4.78 is 6.96. The average Bonchev–Trinajstić information content (AvgIpc) is 2.33. The van der Waals surface area contributed by atoms with Crippen molar-refractivity contribution in [2.45, 2.75) is 32.7 Å². The molecular formula is C14H22Pb. The third-order valence-electron chi connectivity index (χ3n) is 3.54. The second kappa shape index (κ2) is 6.46. The summed E-state index contributed by atoms with van der Waals surface area (Å²) in [4.78, 5) is 0. The van der Waals surface area contributed by atoms with Crippen LogP contribution in [0.4, 0.5) is 0 Å². The van der Waals surface area contributed by atoms with Crippen LogP contribution >= 0.6 is 0 Å². The average molecular weight is 398 g/mol. The van der Waals surface area contributed by atoms with Gasteiger partial charge in [0.2, 0.25) is 0 Å². The zero-order chi connectivity index (χ0) is 11.1. The standard InChI is InChI=1S/C8H7.3C2H5.Pb/c1-2-8-6-4-3-5-7-8;3*1-2;/h1-7H;3*1H2,2H3;. The van der Waals surface area contributed by atoms with E-state index in [-0.39, 0.29) is 0 Å². The van der Waals surface area contributed by atoms with Gasteiger partial charge in [0, 0.05) is 0 Å². The molecule has 1 rings (SSSR count). The molecule has 0 spiro atoms. The summed E-state index contributed by atoms with van der Waals surface area (Å²) in [5, 5.41) is 0. The first-order valence-electron chi connectivity index (χ1n) is 6.00. The molecule has 0 aliphatic heterocycles. The second-order valence-corrected chi connectivity index (χ2v) is 24.3. The Balaban J connectivity index is 2.79. The van der Waals surface area contributed by atoms with Crippen molar-refractivity contribution in [2.75, 3.05) is 0 Å². The monoisotopic (exact) mass is 398 g/mol. The maximum atomic E-state index is 2.61. The van der Waals surface area contributed by atoms with Gasteiger partial charge in [-0.1, -0.05) is 0 Å². The van der Waals surface area contributed by atoms with Crippen LogP contribution in [0.25, 0.3) is 6.08 Å². The van der Waals surface area contributed by atoms with Gasteiger partial charge in [0.25, 0.3) is 0 Å². The molecule has 0 unspecified atom stereocenters. The normalized spacial score (nSPS) is 12.2. The van der Waals surface area contributed by atoms with E-state index in [1.807, 2.05) is 0 Å². The van der Waals surface area contributed by atoms with E-state index in [2.05, 4.69) is 60.8 Å². The van der Waals surface area contributed by atoms with Gasteiger partial charge in [0.15, 0.2) is 0 Å². The Morgan fingerprint density at radius 1 is 0.933 bits per heavy atom. The third-order valence-corrected chi connectivity index (χ3v) is 23.4. The van der Waals surface area contributed by atoms with Gasteiger partial charge in [0.05, 0.1) is 0 Å². The van der Waals surface area contributed by atoms with E-state index < -0.39 is 21.2 Å². The van der Waals surface area contributed by atoms with Crippen LogP contribution in [0.2, 0.25) is 11.9 Å². The first kappa shape index (κ1) is 12.9. The molecule has 0 aliphatic rings. The fourth-order valence-corrected chi connectivity index (χ4v) is 12.6. The predicted octanol–water partition coefficient (Wildman–Crippen LogP) is 4.75. The van der Waals surface area contributed by atoms with E-state index >= 15 is 0 Å². The van der Waals surface area contributed by atoms with Crippen LogP contribution < -0.4 is 0 Å². The summed E-state index contributed by atoms with van der Waals surface area (Å²) in [5.41, 5.74) is 1.36. The summed E-state index contributed by atoms with van der Waals surface area (Å²) in [5.74, 6) is 0. The molecular weight excluding hydrogens is 375 g/mol. The Hall–Kier alpha value is -0.118. The van der Waals surface area contributed by atoms with Crippen LogP contribution in [0.5, 0.6) is 0 Å². The van der Waals surface area contributed by atoms with E-state index in [0.29, 0.717) is 0 Å². The molecule has 0 saturated heterocycles. The molecule has 0 heterocycles. The van der Waals surface area contributed by atoms with Gasteiger partial charge >= 0.3 is 99.5 Å². The van der Waals surface area contributed by atoms with Crippen LogP contribution in [-0.2, 0) is 0 Å². The van der Waals surface area contributed by atoms with Crippen LogP contribution in [-0.4, -0.2) is 21.2 Å². The van der Waals surface area contributed by atoms with Crippen molar-refractivity contribution in [1.82, 2.24) is 0 Å². The Bertz CT molecular complexity index is 288. The first-order chi connectivity index (χ1) is 7.26. The van der Waals surface area contributed by atoms with Gasteiger partial charge in [-0.2, -0.15) is 0 Å². The molecule has 82 valence electrons. The molecule has 1 aromatic rings. The van der Waals surface area contributed by atoms with Gasteiger partial charge in [-0.3, -0.25) is 0 Å². The van der Waals surface area contributed by atoms with Crippen LogP contribution in [0.3, 0.4) is 0 Å². The maximum absolute atomic E-state index is 2.61. The predicted molar refractivity (Wildman–Crippen MR) is 72.7 cm³/mol. The van der Waals surface area contributed by atoms with Gasteiger partial charge in [-0.25, -0.2) is 0 Å². The van der Waals surface area contributed by atoms with Crippen molar-refractivity contribution < 1.29 is 0 Å². The van der Waals surface area contributed by atoms with Crippen molar-refractivity contribution >= 4 is 27.2 Å². The minimum absolute atomic E-state index is 1.36. The third kappa shape index (κ3) is 3.74. The van der Waals surface area contributed by atoms with Crippen molar-refractivity contribution in [1.29, 1.82) is 0 Å². The SMILES string of the molecule is C[CH2][Pb]([CH]=Cc1ccccc1)([CH2]C)[CH2]C. The fourth-order valence-electron chi connectivity index (χ4n) is 1.94. The Labute approximate surface area is 99.1 Å². The molecule has 1 heteroatoms. The summed E-state index contributed by atoms with van der Waals surface area (Å²) >= 11 is -1.97.